The molecule has 1 N–H and O–H groups in total. The lowest BCUT2D eigenvalue weighted by atomic mass is 10.1. The average Bonchev–Trinajstić information content (AvgIpc) is 3.46. The number of piperidine rings is 1. The van der Waals surface area contributed by atoms with Crippen molar-refractivity contribution in [2.45, 2.75) is 18.9 Å². The summed E-state index contributed by atoms with van der Waals surface area (Å²) < 4.78 is 3.53. The molecule has 0 spiro atoms. The summed E-state index contributed by atoms with van der Waals surface area (Å²) in [7, 11) is 3.98. The molecule has 1 aliphatic heterocycles. The fourth-order valence-corrected chi connectivity index (χ4v) is 4.74. The molecule has 0 aliphatic carbocycles. The number of carbonyl (C=O) groups excluding carboxylic acids is 1. The van der Waals surface area contributed by atoms with E-state index in [9.17, 15) is 4.79 Å². The van der Waals surface area contributed by atoms with Crippen LogP contribution in [0.5, 0.6) is 0 Å². The van der Waals surface area contributed by atoms with E-state index in [-0.39, 0.29) is 11.9 Å². The Morgan fingerprint density at radius 1 is 1.13 bits per heavy atom. The number of hydrogen-bond acceptors (Lipinski definition) is 6. The predicted octanol–water partition coefficient (Wildman–Crippen LogP) is 2.68. The Morgan fingerprint density at radius 3 is 2.80 bits per heavy atom. The molecule has 1 aliphatic rings. The van der Waals surface area contributed by atoms with E-state index in [4.69, 9.17) is 0 Å². The maximum absolute atomic E-state index is 12.7. The number of rotatable bonds is 4. The predicted molar refractivity (Wildman–Crippen MR) is 116 cm³/mol. The second kappa shape index (κ2) is 7.66. The number of thiophene rings is 1. The summed E-state index contributed by atoms with van der Waals surface area (Å²) in [5, 5.41) is 13.9. The second-order valence-electron chi connectivity index (χ2n) is 7.85. The first-order valence-electron chi connectivity index (χ1n) is 9.97. The maximum atomic E-state index is 12.7. The van der Waals surface area contributed by atoms with Crippen LogP contribution in [0, 0.1) is 0 Å². The Hall–Kier alpha value is -3.04. The molecular weight excluding hydrogens is 398 g/mol. The zero-order valence-corrected chi connectivity index (χ0v) is 17.8. The minimum absolute atomic E-state index is 0.00477. The van der Waals surface area contributed by atoms with Crippen molar-refractivity contribution >= 4 is 22.9 Å². The van der Waals surface area contributed by atoms with Crippen LogP contribution in [-0.2, 0) is 7.05 Å². The van der Waals surface area contributed by atoms with Gasteiger partial charge in [-0.25, -0.2) is 9.50 Å². The zero-order valence-electron chi connectivity index (χ0n) is 16.9. The molecule has 1 saturated heterocycles. The van der Waals surface area contributed by atoms with Gasteiger partial charge in [0.25, 0.3) is 5.91 Å². The van der Waals surface area contributed by atoms with Gasteiger partial charge in [-0.3, -0.25) is 9.48 Å². The van der Waals surface area contributed by atoms with Crippen LogP contribution < -0.4 is 5.32 Å². The van der Waals surface area contributed by atoms with Gasteiger partial charge in [0.2, 0.25) is 0 Å². The van der Waals surface area contributed by atoms with Crippen molar-refractivity contribution in [3.05, 3.63) is 47.3 Å². The molecule has 0 bridgehead atoms. The minimum Gasteiger partial charge on any atom is -0.347 e. The van der Waals surface area contributed by atoms with Crippen LogP contribution in [-0.4, -0.2) is 61.4 Å². The summed E-state index contributed by atoms with van der Waals surface area (Å²) in [5.41, 5.74) is 4.59. The first-order chi connectivity index (χ1) is 14.6. The molecule has 4 aromatic heterocycles. The fraction of sp³-hybridized carbons (Fsp3) is 0.333. The normalized spacial score (nSPS) is 17.5. The van der Waals surface area contributed by atoms with Crippen molar-refractivity contribution in [1.82, 2.24) is 34.6 Å². The van der Waals surface area contributed by atoms with Crippen molar-refractivity contribution in [3.63, 3.8) is 0 Å². The Balaban J connectivity index is 1.37. The number of aryl methyl sites for hydroxylation is 1. The highest BCUT2D eigenvalue weighted by Crippen LogP contribution is 2.29. The molecule has 5 heterocycles. The molecule has 1 fully saturated rings. The van der Waals surface area contributed by atoms with Gasteiger partial charge in [-0.15, -0.1) is 11.3 Å². The van der Waals surface area contributed by atoms with Crippen LogP contribution in [0.15, 0.2) is 42.4 Å². The van der Waals surface area contributed by atoms with E-state index in [2.05, 4.69) is 32.4 Å². The molecule has 4 aromatic rings. The number of fused-ring (bicyclic) bond motifs is 1. The van der Waals surface area contributed by atoms with E-state index in [1.807, 2.05) is 37.1 Å². The minimum atomic E-state index is -0.00477. The topological polar surface area (TPSA) is 80.4 Å². The fourth-order valence-electron chi connectivity index (χ4n) is 3.93. The number of likely N-dealkylation sites (tertiary alicyclic amines) is 1. The van der Waals surface area contributed by atoms with E-state index >= 15 is 0 Å². The highest BCUT2D eigenvalue weighted by atomic mass is 32.1. The number of hydrogen-bond donors (Lipinski definition) is 1. The van der Waals surface area contributed by atoms with Gasteiger partial charge < -0.3 is 10.2 Å². The molecule has 5 rings (SSSR count). The summed E-state index contributed by atoms with van der Waals surface area (Å²) in [6.45, 7) is 2.00. The van der Waals surface area contributed by atoms with E-state index in [1.165, 1.54) is 11.3 Å². The van der Waals surface area contributed by atoms with Crippen LogP contribution in [0.4, 0.5) is 0 Å². The van der Waals surface area contributed by atoms with Crippen molar-refractivity contribution in [2.24, 2.45) is 7.05 Å². The van der Waals surface area contributed by atoms with Gasteiger partial charge in [0.05, 0.1) is 17.3 Å². The van der Waals surface area contributed by atoms with Gasteiger partial charge in [-0.1, -0.05) is 0 Å². The molecule has 9 heteroatoms. The smallest absolute Gasteiger partial charge is 0.261 e. The van der Waals surface area contributed by atoms with Crippen LogP contribution in [0.2, 0.25) is 0 Å². The lowest BCUT2D eigenvalue weighted by Crippen LogP contribution is -2.46. The highest BCUT2D eigenvalue weighted by molar-refractivity contribution is 7.12. The highest BCUT2D eigenvalue weighted by Gasteiger charge is 2.21. The Bertz CT molecular complexity index is 1210. The van der Waals surface area contributed by atoms with Crippen molar-refractivity contribution in [2.75, 3.05) is 20.1 Å². The van der Waals surface area contributed by atoms with Crippen LogP contribution in [0.3, 0.4) is 0 Å². The summed E-state index contributed by atoms with van der Waals surface area (Å²) >= 11 is 1.46. The van der Waals surface area contributed by atoms with Crippen molar-refractivity contribution < 1.29 is 4.79 Å². The number of aromatic nitrogens is 5. The molecule has 1 amide bonds. The van der Waals surface area contributed by atoms with Crippen LogP contribution in [0.1, 0.15) is 22.5 Å². The molecule has 8 nitrogen and oxygen atoms in total. The number of carbonyl (C=O) groups is 1. The van der Waals surface area contributed by atoms with Crippen molar-refractivity contribution in [1.29, 1.82) is 0 Å². The number of likely N-dealkylation sites (N-methyl/N-ethyl adjacent to an activating group) is 1. The Labute approximate surface area is 178 Å². The number of amides is 1. The SMILES string of the molecule is CN1CCCC(NC(=O)c2cc(-c3cnn4cc(-c5cnn(C)c5)cnc34)cs2)C1. The monoisotopic (exact) mass is 421 g/mol. The molecular formula is C21H23N7OS. The summed E-state index contributed by atoms with van der Waals surface area (Å²) in [5.74, 6) is -0.00477. The molecule has 154 valence electrons. The van der Waals surface area contributed by atoms with E-state index in [0.29, 0.717) is 4.88 Å². The molecule has 0 saturated carbocycles. The lowest BCUT2D eigenvalue weighted by Gasteiger charge is -2.30. The quantitative estimate of drug-likeness (QED) is 0.548. The molecule has 0 radical (unpaired) electrons. The average molecular weight is 422 g/mol. The third kappa shape index (κ3) is 3.61. The number of nitrogens with one attached hydrogen (secondary N) is 1. The number of nitrogens with zero attached hydrogens (tertiary/aromatic N) is 6. The van der Waals surface area contributed by atoms with Gasteiger partial charge in [-0.05, 0) is 43.4 Å². The second-order valence-corrected chi connectivity index (χ2v) is 8.76. The summed E-state index contributed by atoms with van der Waals surface area (Å²) in [4.78, 5) is 20.3. The first kappa shape index (κ1) is 19.0. The summed E-state index contributed by atoms with van der Waals surface area (Å²) in [6.07, 6.45) is 11.5. The maximum Gasteiger partial charge on any atom is 0.261 e. The zero-order chi connectivity index (χ0) is 20.7. The van der Waals surface area contributed by atoms with E-state index in [1.54, 1.807) is 21.6 Å². The van der Waals surface area contributed by atoms with E-state index < -0.39 is 0 Å². The third-order valence-corrected chi connectivity index (χ3v) is 6.42. The summed E-state index contributed by atoms with van der Waals surface area (Å²) in [6, 6.07) is 2.15. The molecule has 1 unspecified atom stereocenters. The standard InChI is InChI=1S/C21H23N7OS/c1-26-5-3-4-17(12-26)25-21(29)19-6-14(13-30-19)18-9-24-28-11-15(7-22-20(18)28)16-8-23-27(2)10-16/h6-11,13,17H,3-5,12H2,1-2H3,(H,25,29). The first-order valence-corrected chi connectivity index (χ1v) is 10.9. The van der Waals surface area contributed by atoms with Crippen LogP contribution >= 0.6 is 11.3 Å². The van der Waals surface area contributed by atoms with Gasteiger partial charge >= 0.3 is 0 Å². The molecule has 0 aromatic carbocycles. The van der Waals surface area contributed by atoms with Gasteiger partial charge in [0.1, 0.15) is 0 Å². The Morgan fingerprint density at radius 2 is 2.00 bits per heavy atom. The largest absolute Gasteiger partial charge is 0.347 e. The Kier molecular flexibility index (Phi) is 4.84. The van der Waals surface area contributed by atoms with Crippen LogP contribution in [0.25, 0.3) is 27.9 Å². The van der Waals surface area contributed by atoms with Gasteiger partial charge in [-0.2, -0.15) is 10.2 Å². The van der Waals surface area contributed by atoms with E-state index in [0.717, 1.165) is 53.8 Å². The third-order valence-electron chi connectivity index (χ3n) is 5.49. The van der Waals surface area contributed by atoms with Crippen molar-refractivity contribution in [3.8, 4) is 22.3 Å². The van der Waals surface area contributed by atoms with Gasteiger partial charge in [0, 0.05) is 54.9 Å². The lowest BCUT2D eigenvalue weighted by molar-refractivity contribution is 0.0916. The van der Waals surface area contributed by atoms with Gasteiger partial charge in [0.15, 0.2) is 5.65 Å². The molecule has 30 heavy (non-hydrogen) atoms. The molecule has 1 atom stereocenters.